The molecule has 0 spiro atoms. The third kappa shape index (κ3) is 3.88. The molecule has 0 saturated carbocycles. The molecule has 0 radical (unpaired) electrons. The van der Waals surface area contributed by atoms with Crippen LogP contribution in [0.4, 0.5) is 0 Å². The first-order chi connectivity index (χ1) is 9.93. The maximum Gasteiger partial charge on any atom is 0.0679 e. The smallest absolute Gasteiger partial charge is 0.0679 e. The van der Waals surface area contributed by atoms with Crippen molar-refractivity contribution >= 4 is 14.7 Å². The Morgan fingerprint density at radius 1 is 0.565 bits per heavy atom. The van der Waals surface area contributed by atoms with E-state index in [9.17, 15) is 0 Å². The molecule has 0 saturated heterocycles. The van der Waals surface area contributed by atoms with Gasteiger partial charge in [-0.05, 0) is 22.3 Å². The molecule has 1 aliphatic carbocycles. The minimum absolute atomic E-state index is 0. The van der Waals surface area contributed by atoms with Crippen LogP contribution in [0.15, 0.2) is 78.9 Å². The molecule has 4 heteroatoms. The number of fused-ring (bicyclic) bond motifs is 3. The van der Waals surface area contributed by atoms with Crippen molar-refractivity contribution in [2.45, 2.75) is 5.54 Å². The first-order valence-corrected chi connectivity index (χ1v) is 8.68. The molecule has 0 atom stereocenters. The zero-order valence-electron chi connectivity index (χ0n) is 12.5. The third-order valence-electron chi connectivity index (χ3n) is 4.25. The zero-order chi connectivity index (χ0) is 13.4. The van der Waals surface area contributed by atoms with Crippen LogP contribution in [0.2, 0.25) is 0 Å². The Balaban J connectivity index is 0.000000882. The normalized spacial score (nSPS) is 11.8. The van der Waals surface area contributed by atoms with E-state index >= 15 is 0 Å². The standard InChI is InChI=1S/C19H16Si.2ClH.Hf/c1-2-8-14(9-3-1)20-19-17-12-6-4-10-15(17)16-11-5-7-13-18(16)19;;;/h1-13,19H,20H2;2*1H;/p-2. The summed E-state index contributed by atoms with van der Waals surface area (Å²) < 4.78 is 0. The van der Waals surface area contributed by atoms with Crippen molar-refractivity contribution in [3.8, 4) is 11.1 Å². The Morgan fingerprint density at radius 3 is 1.52 bits per heavy atom. The van der Waals surface area contributed by atoms with E-state index in [-0.39, 0.29) is 60.2 Å². The summed E-state index contributed by atoms with van der Waals surface area (Å²) in [5, 5.41) is 1.55. The summed E-state index contributed by atoms with van der Waals surface area (Å²) in [4.78, 5) is 0. The molecule has 1 aliphatic rings. The number of halogens is 2. The van der Waals surface area contributed by atoms with Gasteiger partial charge in [-0.3, -0.25) is 0 Å². The first kappa shape index (κ1) is 20.4. The Labute approximate surface area is 171 Å². The number of hydrogen-bond donors (Lipinski definition) is 0. The van der Waals surface area contributed by atoms with Crippen molar-refractivity contribution in [1.29, 1.82) is 0 Å². The second kappa shape index (κ2) is 8.98. The molecule has 0 aliphatic heterocycles. The van der Waals surface area contributed by atoms with E-state index in [1.165, 1.54) is 22.3 Å². The molecule has 0 N–H and O–H groups in total. The Kier molecular flexibility index (Phi) is 7.95. The average molecular weight is 522 g/mol. The summed E-state index contributed by atoms with van der Waals surface area (Å²) in [7, 11) is -0.352. The summed E-state index contributed by atoms with van der Waals surface area (Å²) in [6.45, 7) is 0. The van der Waals surface area contributed by atoms with Crippen molar-refractivity contribution in [1.82, 2.24) is 0 Å². The number of benzene rings is 3. The number of rotatable bonds is 2. The van der Waals surface area contributed by atoms with Crippen LogP contribution >= 0.6 is 0 Å². The van der Waals surface area contributed by atoms with E-state index in [0.29, 0.717) is 5.54 Å². The monoisotopic (exact) mass is 522 g/mol. The van der Waals surface area contributed by atoms with Crippen molar-refractivity contribution < 1.29 is 50.7 Å². The Bertz CT molecular complexity index is 717. The fourth-order valence-electron chi connectivity index (χ4n) is 3.33. The van der Waals surface area contributed by atoms with Gasteiger partial charge in [-0.1, -0.05) is 84.0 Å². The minimum atomic E-state index is -0.352. The van der Waals surface area contributed by atoms with Crippen LogP contribution in [0.3, 0.4) is 0 Å². The van der Waals surface area contributed by atoms with E-state index in [1.54, 1.807) is 5.19 Å². The minimum Gasteiger partial charge on any atom is -1.00 e. The fraction of sp³-hybridized carbons (Fsp3) is 0.0526. The van der Waals surface area contributed by atoms with E-state index in [1.807, 2.05) is 0 Å². The predicted molar refractivity (Wildman–Crippen MR) is 88.3 cm³/mol. The fourth-order valence-corrected chi connectivity index (χ4v) is 5.50. The molecular formula is C19H16Cl2HfSi-2. The van der Waals surface area contributed by atoms with Gasteiger partial charge in [0.05, 0.1) is 9.52 Å². The van der Waals surface area contributed by atoms with Gasteiger partial charge >= 0.3 is 0 Å². The summed E-state index contributed by atoms with van der Waals surface area (Å²) in [6.07, 6.45) is 0. The quantitative estimate of drug-likeness (QED) is 0.321. The van der Waals surface area contributed by atoms with Gasteiger partial charge in [0.15, 0.2) is 0 Å². The van der Waals surface area contributed by atoms with Gasteiger partial charge in [-0.15, -0.1) is 0 Å². The molecule has 4 rings (SSSR count). The molecule has 0 amide bonds. The predicted octanol–water partition coefficient (Wildman–Crippen LogP) is -2.74. The van der Waals surface area contributed by atoms with E-state index in [4.69, 9.17) is 0 Å². The van der Waals surface area contributed by atoms with Gasteiger partial charge in [-0.25, -0.2) is 0 Å². The maximum absolute atomic E-state index is 2.32. The first-order valence-electron chi connectivity index (χ1n) is 7.15. The third-order valence-corrected chi connectivity index (χ3v) is 6.48. The van der Waals surface area contributed by atoms with Crippen molar-refractivity contribution in [2.75, 3.05) is 0 Å². The molecule has 0 nitrogen and oxygen atoms in total. The van der Waals surface area contributed by atoms with Crippen LogP contribution in [0, 0.1) is 0 Å². The second-order valence-corrected chi connectivity index (χ2v) is 7.46. The SMILES string of the molecule is [Cl-].[Cl-].[Hf].c1ccc([SiH2]C2c3ccccc3-c3ccccc32)cc1. The summed E-state index contributed by atoms with van der Waals surface area (Å²) in [5.41, 5.74) is 6.58. The molecule has 0 heterocycles. The molecule has 0 bridgehead atoms. The van der Waals surface area contributed by atoms with E-state index in [2.05, 4.69) is 78.9 Å². The summed E-state index contributed by atoms with van der Waals surface area (Å²) in [6, 6.07) is 28.8. The second-order valence-electron chi connectivity index (χ2n) is 5.42. The molecular weight excluding hydrogens is 506 g/mol. The Morgan fingerprint density at radius 2 is 1.00 bits per heavy atom. The van der Waals surface area contributed by atoms with Crippen LogP contribution in [-0.4, -0.2) is 9.52 Å². The summed E-state index contributed by atoms with van der Waals surface area (Å²) >= 11 is 0. The van der Waals surface area contributed by atoms with Gasteiger partial charge in [-0.2, -0.15) is 0 Å². The van der Waals surface area contributed by atoms with Crippen molar-refractivity contribution in [3.63, 3.8) is 0 Å². The molecule has 0 fully saturated rings. The van der Waals surface area contributed by atoms with E-state index in [0.717, 1.165) is 0 Å². The molecule has 0 aromatic heterocycles. The zero-order valence-corrected chi connectivity index (χ0v) is 19.1. The van der Waals surface area contributed by atoms with Crippen LogP contribution < -0.4 is 30.0 Å². The van der Waals surface area contributed by atoms with E-state index < -0.39 is 0 Å². The Hall–Kier alpha value is -0.673. The van der Waals surface area contributed by atoms with Gasteiger partial charge in [0.2, 0.25) is 0 Å². The summed E-state index contributed by atoms with van der Waals surface area (Å²) in [5.74, 6) is 0. The number of hydrogen-bond acceptors (Lipinski definition) is 0. The van der Waals surface area contributed by atoms with Gasteiger partial charge in [0.25, 0.3) is 0 Å². The van der Waals surface area contributed by atoms with Gasteiger partial charge in [0, 0.05) is 31.4 Å². The van der Waals surface area contributed by atoms with Gasteiger partial charge < -0.3 is 24.8 Å². The van der Waals surface area contributed by atoms with Crippen LogP contribution in [-0.2, 0) is 25.8 Å². The van der Waals surface area contributed by atoms with Crippen LogP contribution in [0.5, 0.6) is 0 Å². The average Bonchev–Trinajstić information content (AvgIpc) is 2.84. The molecule has 116 valence electrons. The largest absolute Gasteiger partial charge is 1.00 e. The van der Waals surface area contributed by atoms with Crippen LogP contribution in [0.1, 0.15) is 16.7 Å². The topological polar surface area (TPSA) is 0 Å². The van der Waals surface area contributed by atoms with Crippen molar-refractivity contribution in [2.24, 2.45) is 0 Å². The van der Waals surface area contributed by atoms with Crippen LogP contribution in [0.25, 0.3) is 11.1 Å². The molecule has 3 aromatic rings. The van der Waals surface area contributed by atoms with Crippen molar-refractivity contribution in [3.05, 3.63) is 90.0 Å². The maximum atomic E-state index is 2.32. The molecule has 23 heavy (non-hydrogen) atoms. The van der Waals surface area contributed by atoms with Gasteiger partial charge in [0.1, 0.15) is 0 Å². The molecule has 0 unspecified atom stereocenters. The molecule has 3 aromatic carbocycles.